The number of fused-ring (bicyclic) bond motifs is 1. The quantitative estimate of drug-likeness (QED) is 0.453. The van der Waals surface area contributed by atoms with Gasteiger partial charge >= 0.3 is 0 Å². The van der Waals surface area contributed by atoms with E-state index in [1.54, 1.807) is 23.1 Å². The Kier molecular flexibility index (Phi) is 9.22. The molecule has 1 fully saturated rings. The summed E-state index contributed by atoms with van der Waals surface area (Å²) in [7, 11) is 0. The molecule has 0 unspecified atom stereocenters. The number of carbonyl (C=O) groups excluding carboxylic acids is 1. The van der Waals surface area contributed by atoms with Crippen LogP contribution in [0.3, 0.4) is 0 Å². The first-order chi connectivity index (χ1) is 15.2. The van der Waals surface area contributed by atoms with Crippen LogP contribution in [0.1, 0.15) is 29.8 Å². The number of aryl methyl sites for hydroxylation is 1. The predicted molar refractivity (Wildman–Crippen MR) is 140 cm³/mol. The van der Waals surface area contributed by atoms with Gasteiger partial charge in [-0.25, -0.2) is 4.98 Å². The van der Waals surface area contributed by atoms with E-state index >= 15 is 0 Å². The number of thiazole rings is 1. The van der Waals surface area contributed by atoms with E-state index in [1.165, 1.54) is 10.3 Å². The van der Waals surface area contributed by atoms with Gasteiger partial charge in [-0.05, 0) is 42.0 Å². The summed E-state index contributed by atoms with van der Waals surface area (Å²) in [5, 5.41) is 4.21. The van der Waals surface area contributed by atoms with Crippen LogP contribution in [-0.2, 0) is 6.42 Å². The van der Waals surface area contributed by atoms with Gasteiger partial charge in [0.25, 0.3) is 5.91 Å². The maximum atomic E-state index is 12.5. The van der Waals surface area contributed by atoms with Crippen molar-refractivity contribution < 1.29 is 4.79 Å². The van der Waals surface area contributed by atoms with Gasteiger partial charge in [0, 0.05) is 49.7 Å². The SMILES string of the molecule is CCSc1cccc(C(=O)NCCN2CCN(c3nc4c(CC)cccc4s3)CC2)c1.Cl. The molecule has 5 nitrogen and oxygen atoms in total. The fraction of sp³-hybridized carbons (Fsp3) is 0.417. The highest BCUT2D eigenvalue weighted by molar-refractivity contribution is 7.99. The average Bonchev–Trinajstić information content (AvgIpc) is 3.24. The van der Waals surface area contributed by atoms with Crippen LogP contribution in [0.25, 0.3) is 10.2 Å². The van der Waals surface area contributed by atoms with E-state index in [9.17, 15) is 4.79 Å². The lowest BCUT2D eigenvalue weighted by atomic mass is 10.1. The molecule has 1 amide bonds. The van der Waals surface area contributed by atoms with Gasteiger partial charge in [-0.3, -0.25) is 9.69 Å². The molecule has 0 radical (unpaired) electrons. The number of nitrogens with one attached hydrogen (secondary N) is 1. The van der Waals surface area contributed by atoms with Gasteiger partial charge in [0.2, 0.25) is 0 Å². The molecular weight excluding hydrogens is 460 g/mol. The fourth-order valence-corrected chi connectivity index (χ4v) is 5.68. The van der Waals surface area contributed by atoms with Gasteiger partial charge < -0.3 is 10.2 Å². The van der Waals surface area contributed by atoms with Gasteiger partial charge in [0.1, 0.15) is 0 Å². The first kappa shape index (κ1) is 24.8. The number of anilines is 1. The molecule has 0 atom stereocenters. The highest BCUT2D eigenvalue weighted by Crippen LogP contribution is 2.31. The van der Waals surface area contributed by atoms with E-state index < -0.39 is 0 Å². The molecular formula is C24H31ClN4OS2. The Hall–Kier alpha value is -1.80. The van der Waals surface area contributed by atoms with E-state index in [0.29, 0.717) is 6.54 Å². The van der Waals surface area contributed by atoms with E-state index in [1.807, 2.05) is 18.2 Å². The molecule has 2 heterocycles. The third kappa shape index (κ3) is 5.95. The van der Waals surface area contributed by atoms with Crippen LogP contribution in [0.5, 0.6) is 0 Å². The standard InChI is InChI=1S/C24H30N4OS2.ClH/c1-3-18-7-6-10-21-22(18)26-24(31-21)28-15-13-27(14-16-28)12-11-25-23(29)19-8-5-9-20(17-19)30-4-2;/h5-10,17H,3-4,11-16H2,1-2H3,(H,25,29);1H. The number of aromatic nitrogens is 1. The number of amides is 1. The van der Waals surface area contributed by atoms with Gasteiger partial charge in [-0.2, -0.15) is 0 Å². The zero-order valence-corrected chi connectivity index (χ0v) is 21.1. The van der Waals surface area contributed by atoms with Gasteiger partial charge in [-0.15, -0.1) is 24.2 Å². The predicted octanol–water partition coefficient (Wildman–Crippen LogP) is 4.94. The Morgan fingerprint density at radius 2 is 1.91 bits per heavy atom. The van der Waals surface area contributed by atoms with Crippen molar-refractivity contribution in [1.82, 2.24) is 15.2 Å². The zero-order chi connectivity index (χ0) is 21.6. The maximum Gasteiger partial charge on any atom is 0.251 e. The van der Waals surface area contributed by atoms with Crippen molar-refractivity contribution >= 4 is 56.8 Å². The molecule has 0 bridgehead atoms. The van der Waals surface area contributed by atoms with Crippen LogP contribution < -0.4 is 10.2 Å². The minimum atomic E-state index is 0. The average molecular weight is 491 g/mol. The summed E-state index contributed by atoms with van der Waals surface area (Å²) in [4.78, 5) is 23.4. The lowest BCUT2D eigenvalue weighted by Gasteiger charge is -2.34. The number of carbonyl (C=O) groups is 1. The summed E-state index contributed by atoms with van der Waals surface area (Å²) < 4.78 is 1.28. The second-order valence-corrected chi connectivity index (χ2v) is 10.0. The summed E-state index contributed by atoms with van der Waals surface area (Å²) in [6.45, 7) is 9.80. The summed E-state index contributed by atoms with van der Waals surface area (Å²) in [5.74, 6) is 1.02. The van der Waals surface area contributed by atoms with Gasteiger partial charge in [-0.1, -0.05) is 43.4 Å². The summed E-state index contributed by atoms with van der Waals surface area (Å²) in [5.41, 5.74) is 3.23. The van der Waals surface area contributed by atoms with E-state index in [2.05, 4.69) is 53.2 Å². The molecule has 1 saturated heterocycles. The Labute approximate surface area is 205 Å². The second-order valence-electron chi connectivity index (χ2n) is 7.66. The Bertz CT molecular complexity index is 1030. The van der Waals surface area contributed by atoms with Crippen molar-refractivity contribution in [2.45, 2.75) is 25.2 Å². The molecule has 3 aromatic rings. The summed E-state index contributed by atoms with van der Waals surface area (Å²) >= 11 is 3.55. The lowest BCUT2D eigenvalue weighted by Crippen LogP contribution is -2.48. The molecule has 1 aliphatic rings. The minimum absolute atomic E-state index is 0. The second kappa shape index (κ2) is 11.9. The number of thioether (sulfide) groups is 1. The Morgan fingerprint density at radius 1 is 1.12 bits per heavy atom. The summed E-state index contributed by atoms with van der Waals surface area (Å²) in [6.07, 6.45) is 1.02. The smallest absolute Gasteiger partial charge is 0.251 e. The number of hydrogen-bond acceptors (Lipinski definition) is 6. The van der Waals surface area contributed by atoms with Gasteiger partial charge in [0.05, 0.1) is 10.2 Å². The number of hydrogen-bond donors (Lipinski definition) is 1. The number of benzene rings is 2. The number of para-hydroxylation sites is 1. The topological polar surface area (TPSA) is 48.5 Å². The third-order valence-corrected chi connectivity index (χ3v) is 7.59. The van der Waals surface area contributed by atoms with Crippen molar-refractivity contribution in [1.29, 1.82) is 0 Å². The van der Waals surface area contributed by atoms with Gasteiger partial charge in [0.15, 0.2) is 5.13 Å². The summed E-state index contributed by atoms with van der Waals surface area (Å²) in [6, 6.07) is 14.4. The molecule has 4 rings (SSSR count). The van der Waals surface area contributed by atoms with Crippen molar-refractivity contribution in [3.8, 4) is 0 Å². The molecule has 8 heteroatoms. The van der Waals surface area contributed by atoms with Crippen LogP contribution in [-0.4, -0.2) is 60.8 Å². The van der Waals surface area contributed by atoms with E-state index in [-0.39, 0.29) is 18.3 Å². The Balaban J connectivity index is 0.00000289. The number of halogens is 1. The van der Waals surface area contributed by atoms with E-state index in [0.717, 1.165) is 66.0 Å². The molecule has 0 saturated carbocycles. The van der Waals surface area contributed by atoms with Crippen LogP contribution in [0.15, 0.2) is 47.4 Å². The molecule has 2 aromatic carbocycles. The molecule has 1 N–H and O–H groups in total. The first-order valence-electron chi connectivity index (χ1n) is 11.0. The number of nitrogens with zero attached hydrogens (tertiary/aromatic N) is 3. The largest absolute Gasteiger partial charge is 0.351 e. The van der Waals surface area contributed by atoms with Crippen molar-refractivity contribution in [3.05, 3.63) is 53.6 Å². The lowest BCUT2D eigenvalue weighted by molar-refractivity contribution is 0.0947. The molecule has 172 valence electrons. The van der Waals surface area contributed by atoms with E-state index in [4.69, 9.17) is 4.98 Å². The fourth-order valence-electron chi connectivity index (χ4n) is 3.90. The molecule has 0 aliphatic carbocycles. The van der Waals surface area contributed by atoms with Crippen molar-refractivity contribution in [3.63, 3.8) is 0 Å². The van der Waals surface area contributed by atoms with Crippen LogP contribution in [0.2, 0.25) is 0 Å². The number of rotatable bonds is 8. The van der Waals surface area contributed by atoms with Crippen molar-refractivity contribution in [2.24, 2.45) is 0 Å². The monoisotopic (exact) mass is 490 g/mol. The van der Waals surface area contributed by atoms with Crippen LogP contribution in [0.4, 0.5) is 5.13 Å². The highest BCUT2D eigenvalue weighted by Gasteiger charge is 2.20. The highest BCUT2D eigenvalue weighted by atomic mass is 35.5. The molecule has 0 spiro atoms. The third-order valence-electron chi connectivity index (χ3n) is 5.64. The minimum Gasteiger partial charge on any atom is -0.351 e. The normalized spacial score (nSPS) is 14.4. The molecule has 1 aromatic heterocycles. The van der Waals surface area contributed by atoms with Crippen LogP contribution >= 0.6 is 35.5 Å². The molecule has 32 heavy (non-hydrogen) atoms. The number of piperazine rings is 1. The van der Waals surface area contributed by atoms with Crippen LogP contribution in [0, 0.1) is 0 Å². The first-order valence-corrected chi connectivity index (χ1v) is 12.8. The zero-order valence-electron chi connectivity index (χ0n) is 18.7. The van der Waals surface area contributed by atoms with Crippen molar-refractivity contribution in [2.75, 3.05) is 49.9 Å². The Morgan fingerprint density at radius 3 is 2.66 bits per heavy atom. The molecule has 1 aliphatic heterocycles. The maximum absolute atomic E-state index is 12.5.